The lowest BCUT2D eigenvalue weighted by Crippen LogP contribution is -2.11. The van der Waals surface area contributed by atoms with E-state index in [2.05, 4.69) is 4.98 Å². The molecule has 0 atom stereocenters. The number of aromatic nitrogens is 1. The molecule has 1 aromatic heterocycles. The molecule has 0 saturated heterocycles. The van der Waals surface area contributed by atoms with E-state index in [0.29, 0.717) is 23.6 Å². The second kappa shape index (κ2) is 5.95. The monoisotopic (exact) mass is 276 g/mol. The van der Waals surface area contributed by atoms with Crippen molar-refractivity contribution in [3.05, 3.63) is 45.9 Å². The predicted octanol–water partition coefficient (Wildman–Crippen LogP) is 2.62. The van der Waals surface area contributed by atoms with Gasteiger partial charge in [-0.15, -0.1) is 11.3 Å². The maximum Gasteiger partial charge on any atom is 0.215 e. The second-order valence-electron chi connectivity index (χ2n) is 4.32. The summed E-state index contributed by atoms with van der Waals surface area (Å²) in [7, 11) is 0. The molecular formula is C14H16N2O2S. The van der Waals surface area contributed by atoms with Crippen LogP contribution in [0.4, 0.5) is 0 Å². The fourth-order valence-corrected chi connectivity index (χ4v) is 2.31. The molecule has 2 aromatic rings. The molecule has 0 aliphatic carbocycles. The second-order valence-corrected chi connectivity index (χ2v) is 5.27. The lowest BCUT2D eigenvalue weighted by molar-refractivity contribution is 0.102. The van der Waals surface area contributed by atoms with Crippen molar-refractivity contribution in [2.24, 2.45) is 5.73 Å². The smallest absolute Gasteiger partial charge is 0.215 e. The number of carbonyl (C=O) groups is 1. The van der Waals surface area contributed by atoms with Crippen LogP contribution >= 0.6 is 11.3 Å². The quantitative estimate of drug-likeness (QED) is 0.853. The Balaban J connectivity index is 2.32. The topological polar surface area (TPSA) is 65.2 Å². The SMILES string of the molecule is CC(C)Oc1ccccc1C(=O)c1csc(CN)n1. The summed E-state index contributed by atoms with van der Waals surface area (Å²) in [5.74, 6) is 0.456. The normalized spacial score (nSPS) is 10.7. The number of nitrogens with two attached hydrogens (primary N) is 1. The average molecular weight is 276 g/mol. The van der Waals surface area contributed by atoms with Crippen molar-refractivity contribution >= 4 is 17.1 Å². The van der Waals surface area contributed by atoms with E-state index in [9.17, 15) is 4.79 Å². The summed E-state index contributed by atoms with van der Waals surface area (Å²) in [4.78, 5) is 16.6. The van der Waals surface area contributed by atoms with Crippen molar-refractivity contribution in [3.63, 3.8) is 0 Å². The molecule has 1 heterocycles. The van der Waals surface area contributed by atoms with Crippen LogP contribution in [0.5, 0.6) is 5.75 Å². The van der Waals surface area contributed by atoms with E-state index in [1.807, 2.05) is 26.0 Å². The number of carbonyl (C=O) groups excluding carboxylic acids is 1. The van der Waals surface area contributed by atoms with Crippen molar-refractivity contribution in [2.45, 2.75) is 26.5 Å². The number of nitrogens with zero attached hydrogens (tertiary/aromatic N) is 1. The zero-order chi connectivity index (χ0) is 13.8. The molecule has 100 valence electrons. The van der Waals surface area contributed by atoms with Gasteiger partial charge in [0.1, 0.15) is 16.5 Å². The van der Waals surface area contributed by atoms with Gasteiger partial charge in [0.05, 0.1) is 11.7 Å². The Kier molecular flexibility index (Phi) is 4.29. The molecule has 19 heavy (non-hydrogen) atoms. The minimum absolute atomic E-state index is 0.0176. The highest BCUT2D eigenvalue weighted by molar-refractivity contribution is 7.09. The Hall–Kier alpha value is -1.72. The lowest BCUT2D eigenvalue weighted by Gasteiger charge is -2.12. The number of thiazole rings is 1. The molecule has 0 saturated carbocycles. The highest BCUT2D eigenvalue weighted by atomic mass is 32.1. The molecule has 5 heteroatoms. The van der Waals surface area contributed by atoms with Gasteiger partial charge in [-0.2, -0.15) is 0 Å². The lowest BCUT2D eigenvalue weighted by atomic mass is 10.1. The Labute approximate surface area is 116 Å². The predicted molar refractivity (Wildman–Crippen MR) is 75.6 cm³/mol. The molecule has 4 nitrogen and oxygen atoms in total. The van der Waals surface area contributed by atoms with Crippen LogP contribution in [0.25, 0.3) is 0 Å². The van der Waals surface area contributed by atoms with Gasteiger partial charge in [0, 0.05) is 11.9 Å². The minimum atomic E-state index is -0.132. The Bertz CT molecular complexity index is 578. The Morgan fingerprint density at radius 2 is 2.16 bits per heavy atom. The van der Waals surface area contributed by atoms with Crippen LogP contribution in [-0.2, 0) is 6.54 Å². The van der Waals surface area contributed by atoms with Crippen molar-refractivity contribution in [2.75, 3.05) is 0 Å². The largest absolute Gasteiger partial charge is 0.490 e. The van der Waals surface area contributed by atoms with Gasteiger partial charge in [0.25, 0.3) is 0 Å². The maximum atomic E-state index is 12.4. The molecule has 0 fully saturated rings. The number of hydrogen-bond acceptors (Lipinski definition) is 5. The van der Waals surface area contributed by atoms with Crippen molar-refractivity contribution in [1.29, 1.82) is 0 Å². The standard InChI is InChI=1S/C14H16N2O2S/c1-9(2)18-12-6-4-3-5-10(12)14(17)11-8-19-13(7-15)16-11/h3-6,8-9H,7,15H2,1-2H3. The highest BCUT2D eigenvalue weighted by Crippen LogP contribution is 2.23. The van der Waals surface area contributed by atoms with Crippen molar-refractivity contribution in [3.8, 4) is 5.75 Å². The molecule has 1 aromatic carbocycles. The molecule has 0 bridgehead atoms. The van der Waals surface area contributed by atoms with Gasteiger partial charge in [0.2, 0.25) is 5.78 Å². The molecule has 0 radical (unpaired) electrons. The first-order valence-corrected chi connectivity index (χ1v) is 6.94. The maximum absolute atomic E-state index is 12.4. The molecule has 0 aliphatic heterocycles. The third kappa shape index (κ3) is 3.19. The number of ketones is 1. The highest BCUT2D eigenvalue weighted by Gasteiger charge is 2.17. The van der Waals surface area contributed by atoms with Crippen molar-refractivity contribution in [1.82, 2.24) is 4.98 Å². The number of para-hydroxylation sites is 1. The van der Waals surface area contributed by atoms with E-state index in [-0.39, 0.29) is 11.9 Å². The molecule has 2 N–H and O–H groups in total. The minimum Gasteiger partial charge on any atom is -0.490 e. The fourth-order valence-electron chi connectivity index (χ4n) is 1.66. The molecule has 2 rings (SSSR count). The van der Waals surface area contributed by atoms with Gasteiger partial charge in [-0.25, -0.2) is 4.98 Å². The van der Waals surface area contributed by atoms with Gasteiger partial charge < -0.3 is 10.5 Å². The Morgan fingerprint density at radius 1 is 1.42 bits per heavy atom. The summed E-state index contributed by atoms with van der Waals surface area (Å²) < 4.78 is 5.65. The first-order valence-electron chi connectivity index (χ1n) is 6.06. The summed E-state index contributed by atoms with van der Waals surface area (Å²) in [6, 6.07) is 7.21. The van der Waals surface area contributed by atoms with Gasteiger partial charge in [-0.05, 0) is 26.0 Å². The summed E-state index contributed by atoms with van der Waals surface area (Å²) in [5.41, 5.74) is 6.46. The van der Waals surface area contributed by atoms with E-state index in [0.717, 1.165) is 5.01 Å². The molecule has 0 spiro atoms. The number of hydrogen-bond donors (Lipinski definition) is 1. The number of benzene rings is 1. The Morgan fingerprint density at radius 3 is 2.79 bits per heavy atom. The van der Waals surface area contributed by atoms with E-state index >= 15 is 0 Å². The molecule has 0 aliphatic rings. The van der Waals surface area contributed by atoms with Crippen LogP contribution in [0.3, 0.4) is 0 Å². The summed E-state index contributed by atoms with van der Waals surface area (Å²) in [6.07, 6.45) is 0.0176. The first-order chi connectivity index (χ1) is 9.11. The summed E-state index contributed by atoms with van der Waals surface area (Å²) >= 11 is 1.39. The van der Waals surface area contributed by atoms with E-state index in [4.69, 9.17) is 10.5 Å². The van der Waals surface area contributed by atoms with Crippen LogP contribution in [0.1, 0.15) is 34.9 Å². The first kappa shape index (κ1) is 13.7. The zero-order valence-corrected chi connectivity index (χ0v) is 11.7. The van der Waals surface area contributed by atoms with E-state index < -0.39 is 0 Å². The number of rotatable bonds is 5. The van der Waals surface area contributed by atoms with Gasteiger partial charge in [-0.3, -0.25) is 4.79 Å². The summed E-state index contributed by atoms with van der Waals surface area (Å²) in [5, 5.41) is 2.49. The van der Waals surface area contributed by atoms with Crippen LogP contribution in [0, 0.1) is 0 Å². The van der Waals surface area contributed by atoms with Crippen LogP contribution in [0.15, 0.2) is 29.6 Å². The van der Waals surface area contributed by atoms with Crippen LogP contribution in [0.2, 0.25) is 0 Å². The summed E-state index contributed by atoms with van der Waals surface area (Å²) in [6.45, 7) is 4.20. The van der Waals surface area contributed by atoms with Gasteiger partial charge >= 0.3 is 0 Å². The van der Waals surface area contributed by atoms with Crippen LogP contribution in [-0.4, -0.2) is 16.9 Å². The fraction of sp³-hybridized carbons (Fsp3) is 0.286. The third-order valence-corrected chi connectivity index (χ3v) is 3.32. The average Bonchev–Trinajstić information content (AvgIpc) is 2.86. The number of ether oxygens (including phenoxy) is 1. The van der Waals surface area contributed by atoms with Crippen molar-refractivity contribution < 1.29 is 9.53 Å². The van der Waals surface area contributed by atoms with Gasteiger partial charge in [0.15, 0.2) is 0 Å². The zero-order valence-electron chi connectivity index (χ0n) is 10.9. The molecule has 0 unspecified atom stereocenters. The molecular weight excluding hydrogens is 260 g/mol. The third-order valence-electron chi connectivity index (χ3n) is 2.45. The van der Waals surface area contributed by atoms with E-state index in [1.54, 1.807) is 17.5 Å². The van der Waals surface area contributed by atoms with Crippen LogP contribution < -0.4 is 10.5 Å². The van der Waals surface area contributed by atoms with E-state index in [1.165, 1.54) is 11.3 Å². The molecule has 0 amide bonds. The van der Waals surface area contributed by atoms with Gasteiger partial charge in [-0.1, -0.05) is 12.1 Å².